The molecule has 0 aromatic carbocycles. The van der Waals surface area contributed by atoms with Crippen LogP contribution in [0.2, 0.25) is 0 Å². The van der Waals surface area contributed by atoms with Gasteiger partial charge in [-0.05, 0) is 34.1 Å². The van der Waals surface area contributed by atoms with Crippen LogP contribution in [0.25, 0.3) is 0 Å². The summed E-state index contributed by atoms with van der Waals surface area (Å²) >= 11 is 0. The van der Waals surface area contributed by atoms with Crippen LogP contribution in [0.15, 0.2) is 30.4 Å². The Hall–Kier alpha value is -1.46. The Morgan fingerprint density at radius 1 is 1.33 bits per heavy atom. The van der Waals surface area contributed by atoms with Gasteiger partial charge in [0.1, 0.15) is 6.33 Å². The Bertz CT molecular complexity index is 486. The number of aromatic nitrogens is 2. The van der Waals surface area contributed by atoms with Crippen molar-refractivity contribution in [2.75, 3.05) is 0 Å². The number of imidazole rings is 1. The van der Waals surface area contributed by atoms with Gasteiger partial charge in [-0.1, -0.05) is 6.08 Å². The average Bonchev–Trinajstić information content (AvgIpc) is 2.77. The van der Waals surface area contributed by atoms with Crippen LogP contribution in [0.1, 0.15) is 38.9 Å². The number of carbonyl (C=O) groups is 1. The van der Waals surface area contributed by atoms with Crippen LogP contribution in [0.4, 0.5) is 0 Å². The third-order valence-electron chi connectivity index (χ3n) is 3.24. The van der Waals surface area contributed by atoms with Crippen molar-refractivity contribution in [3.05, 3.63) is 30.4 Å². The number of carbonyl (C=O) groups excluding carboxylic acids is 1. The van der Waals surface area contributed by atoms with E-state index in [1.165, 1.54) is 10.9 Å². The van der Waals surface area contributed by atoms with E-state index in [0.717, 1.165) is 5.06 Å². The number of hydroxylamine groups is 2. The lowest BCUT2D eigenvalue weighted by atomic mass is 9.82. The molecule has 0 atom stereocenters. The van der Waals surface area contributed by atoms with E-state index in [0.29, 0.717) is 12.0 Å². The van der Waals surface area contributed by atoms with Crippen LogP contribution in [-0.2, 0) is 5.21 Å². The van der Waals surface area contributed by atoms with Gasteiger partial charge in [-0.2, -0.15) is 0 Å². The second-order valence-corrected chi connectivity index (χ2v) is 5.88. The normalized spacial score (nSPS) is 22.6. The van der Waals surface area contributed by atoms with Gasteiger partial charge >= 0.3 is 0 Å². The van der Waals surface area contributed by atoms with E-state index >= 15 is 0 Å². The zero-order chi connectivity index (χ0) is 13.6. The summed E-state index contributed by atoms with van der Waals surface area (Å²) in [7, 11) is 0. The van der Waals surface area contributed by atoms with E-state index in [1.807, 2.05) is 27.7 Å². The molecule has 1 aromatic heterocycles. The van der Waals surface area contributed by atoms with Crippen molar-refractivity contribution in [1.29, 1.82) is 0 Å². The van der Waals surface area contributed by atoms with Gasteiger partial charge in [0.05, 0.1) is 5.54 Å². The van der Waals surface area contributed by atoms with E-state index in [4.69, 9.17) is 0 Å². The van der Waals surface area contributed by atoms with Crippen molar-refractivity contribution in [3.8, 4) is 0 Å². The summed E-state index contributed by atoms with van der Waals surface area (Å²) in [5.41, 5.74) is -0.591. The van der Waals surface area contributed by atoms with Crippen LogP contribution in [0, 0.1) is 0 Å². The third kappa shape index (κ3) is 2.11. The summed E-state index contributed by atoms with van der Waals surface area (Å²) in [6, 6.07) is 0. The minimum absolute atomic E-state index is 0.109. The summed E-state index contributed by atoms with van der Waals surface area (Å²) < 4.78 is 1.44. The Labute approximate surface area is 107 Å². The van der Waals surface area contributed by atoms with Gasteiger partial charge in [0.25, 0.3) is 5.91 Å². The van der Waals surface area contributed by atoms with Crippen molar-refractivity contribution in [1.82, 2.24) is 14.6 Å². The highest BCUT2D eigenvalue weighted by atomic mass is 16.5. The zero-order valence-corrected chi connectivity index (χ0v) is 11.2. The monoisotopic (exact) mass is 248 g/mol. The van der Waals surface area contributed by atoms with Crippen LogP contribution in [0.3, 0.4) is 0 Å². The first kappa shape index (κ1) is 13.0. The van der Waals surface area contributed by atoms with E-state index in [2.05, 4.69) is 4.98 Å². The standard InChI is InChI=1S/C13H18N3O2/c1-12(2)7-10(8-13(3,4)16(12)18)11(17)15-6-5-14-9-15/h5-7,9H,8H2,1-4H3. The molecule has 0 bridgehead atoms. The molecule has 1 radical (unpaired) electrons. The summed E-state index contributed by atoms with van der Waals surface area (Å²) in [5.74, 6) is -0.109. The maximum absolute atomic E-state index is 12.3. The first-order chi connectivity index (χ1) is 8.24. The molecule has 0 aliphatic carbocycles. The fraction of sp³-hybridized carbons (Fsp3) is 0.538. The number of hydrogen-bond donors (Lipinski definition) is 0. The largest absolute Gasteiger partial charge is 0.273 e. The topological polar surface area (TPSA) is 58.0 Å². The first-order valence-corrected chi connectivity index (χ1v) is 5.96. The van der Waals surface area contributed by atoms with Gasteiger partial charge in [-0.3, -0.25) is 9.36 Å². The molecule has 0 amide bonds. The van der Waals surface area contributed by atoms with Crippen LogP contribution in [0.5, 0.6) is 0 Å². The molecule has 18 heavy (non-hydrogen) atoms. The van der Waals surface area contributed by atoms with Crippen LogP contribution < -0.4 is 0 Å². The fourth-order valence-corrected chi connectivity index (χ4v) is 2.54. The summed E-state index contributed by atoms with van der Waals surface area (Å²) in [6.45, 7) is 7.36. The quantitative estimate of drug-likeness (QED) is 0.764. The minimum atomic E-state index is -0.673. The molecule has 1 aliphatic heterocycles. The molecule has 0 spiro atoms. The lowest BCUT2D eigenvalue weighted by molar-refractivity contribution is -0.262. The molecule has 1 aromatic rings. The Kier molecular flexibility index (Phi) is 2.91. The predicted octanol–water partition coefficient (Wildman–Crippen LogP) is 2.06. The lowest BCUT2D eigenvalue weighted by Crippen LogP contribution is -2.55. The Morgan fingerprint density at radius 3 is 2.50 bits per heavy atom. The maximum Gasteiger partial charge on any atom is 0.258 e. The zero-order valence-electron chi connectivity index (χ0n) is 11.2. The van der Waals surface area contributed by atoms with Gasteiger partial charge in [0, 0.05) is 23.5 Å². The van der Waals surface area contributed by atoms with E-state index in [9.17, 15) is 10.0 Å². The molecule has 0 fully saturated rings. The molecular formula is C13H18N3O2. The second-order valence-electron chi connectivity index (χ2n) is 5.88. The summed E-state index contributed by atoms with van der Waals surface area (Å²) in [6.07, 6.45) is 6.86. The first-order valence-electron chi connectivity index (χ1n) is 5.96. The van der Waals surface area contributed by atoms with Crippen molar-refractivity contribution < 1.29 is 10.0 Å². The third-order valence-corrected chi connectivity index (χ3v) is 3.24. The fourth-order valence-electron chi connectivity index (χ4n) is 2.54. The van der Waals surface area contributed by atoms with Crippen molar-refractivity contribution in [2.24, 2.45) is 0 Å². The van der Waals surface area contributed by atoms with Gasteiger partial charge in [-0.15, -0.1) is 10.3 Å². The van der Waals surface area contributed by atoms with Gasteiger partial charge in [-0.25, -0.2) is 4.98 Å². The highest BCUT2D eigenvalue weighted by Gasteiger charge is 2.43. The molecule has 1 aliphatic rings. The molecule has 2 rings (SSSR count). The van der Waals surface area contributed by atoms with Crippen LogP contribution >= 0.6 is 0 Å². The molecule has 2 heterocycles. The van der Waals surface area contributed by atoms with E-state index in [-0.39, 0.29) is 5.91 Å². The summed E-state index contributed by atoms with van der Waals surface area (Å²) in [5, 5.41) is 13.2. The van der Waals surface area contributed by atoms with Crippen molar-refractivity contribution in [2.45, 2.75) is 45.2 Å². The molecule has 5 heteroatoms. The van der Waals surface area contributed by atoms with Crippen molar-refractivity contribution in [3.63, 3.8) is 0 Å². The van der Waals surface area contributed by atoms with Gasteiger partial charge in [0.2, 0.25) is 0 Å². The molecule has 0 N–H and O–H groups in total. The smallest absolute Gasteiger partial charge is 0.258 e. The number of nitrogens with zero attached hydrogens (tertiary/aromatic N) is 3. The molecule has 5 nitrogen and oxygen atoms in total. The SMILES string of the molecule is CC1(C)C=C(C(=O)n2ccnc2)CC(C)(C)N1[O]. The van der Waals surface area contributed by atoms with Crippen LogP contribution in [-0.4, -0.2) is 31.6 Å². The lowest BCUT2D eigenvalue weighted by Gasteiger charge is -2.44. The predicted molar refractivity (Wildman–Crippen MR) is 66.2 cm³/mol. The highest BCUT2D eigenvalue weighted by molar-refractivity contribution is 5.95. The van der Waals surface area contributed by atoms with Crippen molar-refractivity contribution >= 4 is 5.91 Å². The highest BCUT2D eigenvalue weighted by Crippen LogP contribution is 2.36. The molecule has 0 unspecified atom stereocenters. The second kappa shape index (κ2) is 4.03. The summed E-state index contributed by atoms with van der Waals surface area (Å²) in [4.78, 5) is 16.1. The molecular weight excluding hydrogens is 230 g/mol. The van der Waals surface area contributed by atoms with E-state index in [1.54, 1.807) is 18.5 Å². The number of hydrogen-bond acceptors (Lipinski definition) is 3. The van der Waals surface area contributed by atoms with Gasteiger partial charge in [0.15, 0.2) is 0 Å². The molecule has 97 valence electrons. The molecule has 0 saturated heterocycles. The number of rotatable bonds is 1. The Balaban J connectivity index is 2.38. The maximum atomic E-state index is 12.3. The molecule has 0 saturated carbocycles. The van der Waals surface area contributed by atoms with E-state index < -0.39 is 11.1 Å². The average molecular weight is 248 g/mol. The Morgan fingerprint density at radius 2 is 2.00 bits per heavy atom. The van der Waals surface area contributed by atoms with Gasteiger partial charge < -0.3 is 0 Å². The minimum Gasteiger partial charge on any atom is -0.273 e.